The number of aryl methyl sites for hydroxylation is 2. The van der Waals surface area contributed by atoms with Crippen molar-refractivity contribution in [2.45, 2.75) is 13.8 Å². The highest BCUT2D eigenvalue weighted by Crippen LogP contribution is 2.43. The zero-order valence-corrected chi connectivity index (χ0v) is 36.4. The lowest BCUT2D eigenvalue weighted by molar-refractivity contribution is 1.11. The fraction of sp³-hybridized carbons (Fsp3) is 0.0328. The molecule has 0 radical (unpaired) electrons. The summed E-state index contributed by atoms with van der Waals surface area (Å²) in [7, 11) is 0. The standard InChI is InChI=1S/C61H41N5/c1-39-17-9-11-23-46(39)43-29-31-57-50(33-43)48-25-13-15-27-55(48)65(57)59-36-52(61-63-53(41-19-5-3-6-20-41)37-54(64-61)42-21-7-4-8-22-42)60(35-45(59)38-62)66-56-28-16-14-26-49(56)51-34-44(30-32-58(51)66)47-24-12-10-18-40(47)2/h3-37H,1-2H3. The molecule has 0 fully saturated rings. The van der Waals surface area contributed by atoms with Crippen LogP contribution < -0.4 is 0 Å². The molecule has 0 N–H and O–H groups in total. The molecule has 310 valence electrons. The van der Waals surface area contributed by atoms with Crippen molar-refractivity contribution in [2.24, 2.45) is 0 Å². The molecule has 3 aromatic heterocycles. The number of fused-ring (bicyclic) bond motifs is 6. The average molecular weight is 844 g/mol. The van der Waals surface area contributed by atoms with Gasteiger partial charge in [-0.05, 0) is 102 Å². The molecule has 12 aromatic rings. The Balaban J connectivity index is 1.18. The van der Waals surface area contributed by atoms with Gasteiger partial charge in [-0.3, -0.25) is 0 Å². The molecule has 0 spiro atoms. The highest BCUT2D eigenvalue weighted by Gasteiger charge is 2.24. The maximum absolute atomic E-state index is 11.4. The number of para-hydroxylation sites is 2. The summed E-state index contributed by atoms with van der Waals surface area (Å²) >= 11 is 0. The van der Waals surface area contributed by atoms with E-state index in [1.165, 1.54) is 22.3 Å². The van der Waals surface area contributed by atoms with E-state index in [0.717, 1.165) is 94.2 Å². The molecule has 9 aromatic carbocycles. The van der Waals surface area contributed by atoms with Crippen LogP contribution in [-0.2, 0) is 0 Å². The molecule has 5 nitrogen and oxygen atoms in total. The van der Waals surface area contributed by atoms with Crippen LogP contribution in [0.25, 0.3) is 111 Å². The van der Waals surface area contributed by atoms with Crippen molar-refractivity contribution < 1.29 is 0 Å². The zero-order valence-electron chi connectivity index (χ0n) is 36.4. The second-order valence-corrected chi connectivity index (χ2v) is 17.0. The summed E-state index contributed by atoms with van der Waals surface area (Å²) in [5, 5.41) is 15.8. The Morgan fingerprint density at radius 3 is 1.30 bits per heavy atom. The molecule has 0 saturated heterocycles. The number of nitrogens with zero attached hydrogens (tertiary/aromatic N) is 5. The van der Waals surface area contributed by atoms with Crippen molar-refractivity contribution in [1.29, 1.82) is 5.26 Å². The molecular weight excluding hydrogens is 803 g/mol. The van der Waals surface area contributed by atoms with E-state index in [4.69, 9.17) is 9.97 Å². The maximum atomic E-state index is 11.4. The van der Waals surface area contributed by atoms with Crippen molar-refractivity contribution in [2.75, 3.05) is 0 Å². The van der Waals surface area contributed by atoms with E-state index in [9.17, 15) is 5.26 Å². The fourth-order valence-corrected chi connectivity index (χ4v) is 9.89. The third-order valence-electron chi connectivity index (χ3n) is 13.1. The summed E-state index contributed by atoms with van der Waals surface area (Å²) in [6, 6.07) is 77.0. The Hall–Kier alpha value is -8.85. The number of rotatable bonds is 7. The molecule has 12 rings (SSSR count). The number of aromatic nitrogens is 4. The van der Waals surface area contributed by atoms with Crippen LogP contribution in [-0.4, -0.2) is 19.1 Å². The Bertz CT molecular complexity index is 3850. The van der Waals surface area contributed by atoms with Crippen molar-refractivity contribution in [3.63, 3.8) is 0 Å². The molecule has 0 atom stereocenters. The highest BCUT2D eigenvalue weighted by atomic mass is 15.0. The Morgan fingerprint density at radius 2 is 0.803 bits per heavy atom. The monoisotopic (exact) mass is 843 g/mol. The topological polar surface area (TPSA) is 59.4 Å². The van der Waals surface area contributed by atoms with Gasteiger partial charge in [0, 0.05) is 38.2 Å². The van der Waals surface area contributed by atoms with Gasteiger partial charge in [-0.25, -0.2) is 9.97 Å². The second-order valence-electron chi connectivity index (χ2n) is 17.0. The smallest absolute Gasteiger partial charge is 0.162 e. The first-order chi connectivity index (χ1) is 32.5. The van der Waals surface area contributed by atoms with E-state index in [0.29, 0.717) is 11.4 Å². The van der Waals surface area contributed by atoms with Gasteiger partial charge in [0.1, 0.15) is 6.07 Å². The van der Waals surface area contributed by atoms with Crippen LogP contribution in [0.4, 0.5) is 0 Å². The van der Waals surface area contributed by atoms with Gasteiger partial charge in [0.25, 0.3) is 0 Å². The van der Waals surface area contributed by atoms with Crippen LogP contribution in [0.3, 0.4) is 0 Å². The zero-order chi connectivity index (χ0) is 44.3. The number of benzene rings is 9. The molecule has 5 heteroatoms. The number of nitriles is 1. The lowest BCUT2D eigenvalue weighted by atomic mass is 9.99. The van der Waals surface area contributed by atoms with E-state index >= 15 is 0 Å². The van der Waals surface area contributed by atoms with Crippen LogP contribution in [0, 0.1) is 25.2 Å². The van der Waals surface area contributed by atoms with Crippen LogP contribution in [0.2, 0.25) is 0 Å². The quantitative estimate of drug-likeness (QED) is 0.161. The molecule has 0 bridgehead atoms. The molecule has 66 heavy (non-hydrogen) atoms. The van der Waals surface area contributed by atoms with Gasteiger partial charge in [0.05, 0.1) is 50.4 Å². The van der Waals surface area contributed by atoms with Crippen molar-refractivity contribution >= 4 is 43.6 Å². The minimum atomic E-state index is 0.532. The molecule has 0 saturated carbocycles. The number of hydrogen-bond donors (Lipinski definition) is 0. The molecule has 3 heterocycles. The normalized spacial score (nSPS) is 11.5. The van der Waals surface area contributed by atoms with Gasteiger partial charge in [0.2, 0.25) is 0 Å². The van der Waals surface area contributed by atoms with Crippen molar-refractivity contribution in [1.82, 2.24) is 19.1 Å². The van der Waals surface area contributed by atoms with Gasteiger partial charge in [-0.2, -0.15) is 5.26 Å². The summed E-state index contributed by atoms with van der Waals surface area (Å²) in [5.74, 6) is 0.556. The third kappa shape index (κ3) is 6.38. The molecule has 0 unspecified atom stereocenters. The van der Waals surface area contributed by atoms with Gasteiger partial charge in [0.15, 0.2) is 5.82 Å². The summed E-state index contributed by atoms with van der Waals surface area (Å²) in [5.41, 5.74) is 17.7. The third-order valence-corrected chi connectivity index (χ3v) is 13.1. The van der Waals surface area contributed by atoms with E-state index in [2.05, 4.69) is 205 Å². The van der Waals surface area contributed by atoms with Crippen molar-refractivity contribution in [3.8, 4) is 73.6 Å². The highest BCUT2D eigenvalue weighted by molar-refractivity contribution is 6.12. The summed E-state index contributed by atoms with van der Waals surface area (Å²) in [4.78, 5) is 10.9. The fourth-order valence-electron chi connectivity index (χ4n) is 9.89. The average Bonchev–Trinajstić information content (AvgIpc) is 3.88. The van der Waals surface area contributed by atoms with E-state index < -0.39 is 0 Å². The molecule has 0 amide bonds. The lowest BCUT2D eigenvalue weighted by Crippen LogP contribution is -2.06. The first-order valence-corrected chi connectivity index (χ1v) is 22.3. The van der Waals surface area contributed by atoms with Crippen LogP contribution in [0.1, 0.15) is 16.7 Å². The van der Waals surface area contributed by atoms with E-state index in [1.54, 1.807) is 0 Å². The molecule has 0 aliphatic carbocycles. The SMILES string of the molecule is Cc1ccccc1-c1ccc2c(c1)c1ccccc1n2-c1cc(-c2nc(-c3ccccc3)cc(-c3ccccc3)n2)c(-n2c3ccccc3c3cc(-c4ccccc4C)ccc32)cc1C#N. The minimum absolute atomic E-state index is 0.532. The Morgan fingerprint density at radius 1 is 0.364 bits per heavy atom. The van der Waals surface area contributed by atoms with E-state index in [1.807, 2.05) is 36.4 Å². The Kier molecular flexibility index (Phi) is 9.25. The number of hydrogen-bond acceptors (Lipinski definition) is 3. The largest absolute Gasteiger partial charge is 0.308 e. The molecule has 0 aliphatic heterocycles. The van der Waals surface area contributed by atoms with Gasteiger partial charge in [-0.1, -0.05) is 158 Å². The summed E-state index contributed by atoms with van der Waals surface area (Å²) in [6.07, 6.45) is 0. The van der Waals surface area contributed by atoms with Gasteiger partial charge < -0.3 is 9.13 Å². The van der Waals surface area contributed by atoms with Crippen LogP contribution >= 0.6 is 0 Å². The minimum Gasteiger partial charge on any atom is -0.308 e. The predicted molar refractivity (Wildman–Crippen MR) is 272 cm³/mol. The molecule has 0 aliphatic rings. The second kappa shape index (κ2) is 15.7. The maximum Gasteiger partial charge on any atom is 0.162 e. The van der Waals surface area contributed by atoms with Crippen LogP contribution in [0.15, 0.2) is 212 Å². The summed E-state index contributed by atoms with van der Waals surface area (Å²) in [6.45, 7) is 4.32. The van der Waals surface area contributed by atoms with E-state index in [-0.39, 0.29) is 0 Å². The molecular formula is C61H41N5. The summed E-state index contributed by atoms with van der Waals surface area (Å²) < 4.78 is 4.55. The van der Waals surface area contributed by atoms with Crippen molar-refractivity contribution in [3.05, 3.63) is 229 Å². The van der Waals surface area contributed by atoms with Gasteiger partial charge >= 0.3 is 0 Å². The predicted octanol–water partition coefficient (Wildman–Crippen LogP) is 15.5. The van der Waals surface area contributed by atoms with Crippen LogP contribution in [0.5, 0.6) is 0 Å². The first kappa shape index (κ1) is 38.8. The lowest BCUT2D eigenvalue weighted by Gasteiger charge is -2.19. The van der Waals surface area contributed by atoms with Gasteiger partial charge in [-0.15, -0.1) is 0 Å². The Labute approximate surface area is 382 Å². The first-order valence-electron chi connectivity index (χ1n) is 22.3.